The van der Waals surface area contributed by atoms with Gasteiger partial charge in [0.2, 0.25) is 0 Å². The number of hydrogen-bond donors (Lipinski definition) is 2. The van der Waals surface area contributed by atoms with Gasteiger partial charge in [-0.15, -0.1) is 0 Å². The Morgan fingerprint density at radius 1 is 1.15 bits per heavy atom. The first-order valence-corrected chi connectivity index (χ1v) is 3.81. The van der Waals surface area contributed by atoms with Crippen LogP contribution in [0.3, 0.4) is 0 Å². The molecule has 0 aromatic rings. The largest absolute Gasteiger partial charge is 0.478 e. The lowest BCUT2D eigenvalue weighted by atomic mass is 10.1. The number of carboxylic acid groups (broad SMARTS) is 2. The highest BCUT2D eigenvalue weighted by Crippen LogP contribution is 2.31. The van der Waals surface area contributed by atoms with Crippen molar-refractivity contribution in [3.05, 3.63) is 22.3 Å². The summed E-state index contributed by atoms with van der Waals surface area (Å²) in [6, 6.07) is 0. The normalized spacial score (nSPS) is 16.8. The van der Waals surface area contributed by atoms with E-state index in [-0.39, 0.29) is 17.6 Å². The lowest BCUT2D eigenvalue weighted by Crippen LogP contribution is -2.08. The quantitative estimate of drug-likeness (QED) is 0.672. The van der Waals surface area contributed by atoms with Crippen molar-refractivity contribution >= 4 is 11.9 Å². The second-order valence-electron chi connectivity index (χ2n) is 3.05. The van der Waals surface area contributed by atoms with Crippen molar-refractivity contribution in [2.45, 2.75) is 20.3 Å². The fourth-order valence-corrected chi connectivity index (χ4v) is 1.40. The summed E-state index contributed by atoms with van der Waals surface area (Å²) in [5, 5.41) is 17.5. The molecule has 70 valence electrons. The topological polar surface area (TPSA) is 74.6 Å². The van der Waals surface area contributed by atoms with Crippen LogP contribution in [-0.4, -0.2) is 22.2 Å². The summed E-state index contributed by atoms with van der Waals surface area (Å²) >= 11 is 0. The average Bonchev–Trinajstić information content (AvgIpc) is 2.28. The molecule has 0 heterocycles. The molecule has 0 fully saturated rings. The molecular formula is C9H10O4. The smallest absolute Gasteiger partial charge is 0.336 e. The third-order valence-electron chi connectivity index (χ3n) is 2.23. The Hall–Kier alpha value is -1.58. The standard InChI is InChI=1S/C9H10O4/c1-4-3-6(8(10)11)7(5(4)2)9(12)13/h3H2,1-2H3,(H,10,11)(H,12,13). The first kappa shape index (κ1) is 9.51. The Morgan fingerprint density at radius 3 is 2.00 bits per heavy atom. The maximum absolute atomic E-state index is 10.7. The van der Waals surface area contributed by atoms with Gasteiger partial charge in [-0.1, -0.05) is 5.57 Å². The predicted octanol–water partition coefficient (Wildman–Crippen LogP) is 1.19. The highest BCUT2D eigenvalue weighted by Gasteiger charge is 2.28. The Kier molecular flexibility index (Phi) is 2.23. The summed E-state index contributed by atoms with van der Waals surface area (Å²) < 4.78 is 0. The Labute approximate surface area is 75.2 Å². The Balaban J connectivity index is 3.23. The molecule has 0 saturated carbocycles. The van der Waals surface area contributed by atoms with Crippen LogP contribution in [0.25, 0.3) is 0 Å². The van der Waals surface area contributed by atoms with Crippen LogP contribution in [0.1, 0.15) is 20.3 Å². The van der Waals surface area contributed by atoms with E-state index in [0.717, 1.165) is 5.57 Å². The fraction of sp³-hybridized carbons (Fsp3) is 0.333. The molecule has 0 radical (unpaired) electrons. The van der Waals surface area contributed by atoms with Crippen molar-refractivity contribution in [3.8, 4) is 0 Å². The van der Waals surface area contributed by atoms with Crippen LogP contribution in [0.5, 0.6) is 0 Å². The van der Waals surface area contributed by atoms with E-state index in [4.69, 9.17) is 10.2 Å². The molecule has 1 aliphatic carbocycles. The average molecular weight is 182 g/mol. The molecule has 0 unspecified atom stereocenters. The minimum absolute atomic E-state index is 0.0116. The van der Waals surface area contributed by atoms with Gasteiger partial charge in [0.1, 0.15) is 0 Å². The summed E-state index contributed by atoms with van der Waals surface area (Å²) in [6.07, 6.45) is 0.239. The first-order chi connectivity index (χ1) is 5.95. The van der Waals surface area contributed by atoms with Crippen LogP contribution in [0, 0.1) is 0 Å². The summed E-state index contributed by atoms with van der Waals surface area (Å²) in [5.41, 5.74) is 1.33. The van der Waals surface area contributed by atoms with Crippen molar-refractivity contribution < 1.29 is 19.8 Å². The zero-order valence-electron chi connectivity index (χ0n) is 7.42. The van der Waals surface area contributed by atoms with Crippen LogP contribution in [0.4, 0.5) is 0 Å². The summed E-state index contributed by atoms with van der Waals surface area (Å²) in [4.78, 5) is 21.4. The van der Waals surface area contributed by atoms with Crippen LogP contribution < -0.4 is 0 Å². The van der Waals surface area contributed by atoms with Crippen molar-refractivity contribution in [2.75, 3.05) is 0 Å². The molecule has 13 heavy (non-hydrogen) atoms. The highest BCUT2D eigenvalue weighted by molar-refractivity contribution is 6.04. The number of aliphatic carboxylic acids is 2. The number of allylic oxidation sites excluding steroid dienone is 1. The maximum Gasteiger partial charge on any atom is 0.336 e. The van der Waals surface area contributed by atoms with Crippen LogP contribution in [-0.2, 0) is 9.59 Å². The van der Waals surface area contributed by atoms with Gasteiger partial charge < -0.3 is 10.2 Å². The maximum atomic E-state index is 10.7. The van der Waals surface area contributed by atoms with E-state index in [1.165, 1.54) is 0 Å². The molecule has 0 amide bonds. The number of hydrogen-bond acceptors (Lipinski definition) is 2. The molecule has 0 spiro atoms. The molecule has 2 N–H and O–H groups in total. The zero-order valence-corrected chi connectivity index (χ0v) is 7.42. The second-order valence-corrected chi connectivity index (χ2v) is 3.05. The van der Waals surface area contributed by atoms with Crippen LogP contribution >= 0.6 is 0 Å². The molecule has 1 rings (SSSR count). The number of rotatable bonds is 2. The third-order valence-corrected chi connectivity index (χ3v) is 2.23. The van der Waals surface area contributed by atoms with E-state index in [1.807, 2.05) is 0 Å². The van der Waals surface area contributed by atoms with Gasteiger partial charge in [-0.2, -0.15) is 0 Å². The van der Waals surface area contributed by atoms with E-state index < -0.39 is 11.9 Å². The molecule has 0 saturated heterocycles. The van der Waals surface area contributed by atoms with Crippen molar-refractivity contribution in [3.63, 3.8) is 0 Å². The summed E-state index contributed by atoms with van der Waals surface area (Å²) in [6.45, 7) is 3.38. The SMILES string of the molecule is CC1=C(C)C(C(=O)O)=C(C(=O)O)C1. The van der Waals surface area contributed by atoms with Gasteiger partial charge in [-0.05, 0) is 19.4 Å². The monoisotopic (exact) mass is 182 g/mol. The summed E-state index contributed by atoms with van der Waals surface area (Å²) in [7, 11) is 0. The second kappa shape index (κ2) is 3.05. The van der Waals surface area contributed by atoms with Crippen molar-refractivity contribution in [2.24, 2.45) is 0 Å². The Bertz CT molecular complexity index is 347. The molecular weight excluding hydrogens is 172 g/mol. The molecule has 0 atom stereocenters. The fourth-order valence-electron chi connectivity index (χ4n) is 1.40. The lowest BCUT2D eigenvalue weighted by molar-refractivity contribution is -0.135. The summed E-state index contributed by atoms with van der Waals surface area (Å²) in [5.74, 6) is -2.31. The van der Waals surface area contributed by atoms with E-state index in [1.54, 1.807) is 13.8 Å². The first-order valence-electron chi connectivity index (χ1n) is 3.81. The van der Waals surface area contributed by atoms with Gasteiger partial charge >= 0.3 is 11.9 Å². The van der Waals surface area contributed by atoms with Crippen molar-refractivity contribution in [1.29, 1.82) is 0 Å². The van der Waals surface area contributed by atoms with Gasteiger partial charge in [0.25, 0.3) is 0 Å². The molecule has 0 aromatic heterocycles. The minimum atomic E-state index is -1.16. The van der Waals surface area contributed by atoms with E-state index >= 15 is 0 Å². The minimum Gasteiger partial charge on any atom is -0.478 e. The molecule has 0 aromatic carbocycles. The molecule has 1 aliphatic rings. The molecule has 0 aliphatic heterocycles. The van der Waals surface area contributed by atoms with Gasteiger partial charge in [0, 0.05) is 6.42 Å². The van der Waals surface area contributed by atoms with Gasteiger partial charge in [0.05, 0.1) is 11.1 Å². The number of carbonyl (C=O) groups is 2. The van der Waals surface area contributed by atoms with E-state index in [0.29, 0.717) is 5.57 Å². The zero-order chi connectivity index (χ0) is 10.2. The van der Waals surface area contributed by atoms with E-state index in [9.17, 15) is 9.59 Å². The number of carboxylic acids is 2. The third kappa shape index (κ3) is 1.47. The van der Waals surface area contributed by atoms with Crippen LogP contribution in [0.2, 0.25) is 0 Å². The van der Waals surface area contributed by atoms with Gasteiger partial charge in [0.15, 0.2) is 0 Å². The molecule has 0 bridgehead atoms. The molecule has 4 nitrogen and oxygen atoms in total. The van der Waals surface area contributed by atoms with Gasteiger partial charge in [-0.25, -0.2) is 9.59 Å². The lowest BCUT2D eigenvalue weighted by Gasteiger charge is -1.98. The van der Waals surface area contributed by atoms with E-state index in [2.05, 4.69) is 0 Å². The Morgan fingerprint density at radius 2 is 1.69 bits per heavy atom. The molecule has 4 heteroatoms. The van der Waals surface area contributed by atoms with Crippen LogP contribution in [0.15, 0.2) is 22.3 Å². The highest BCUT2D eigenvalue weighted by atomic mass is 16.4. The van der Waals surface area contributed by atoms with Gasteiger partial charge in [-0.3, -0.25) is 0 Å². The van der Waals surface area contributed by atoms with Crippen molar-refractivity contribution in [1.82, 2.24) is 0 Å². The predicted molar refractivity (Wildman–Crippen MR) is 45.3 cm³/mol.